The zero-order valence-corrected chi connectivity index (χ0v) is 10.6. The molecule has 2 heteroatoms. The van der Waals surface area contributed by atoms with E-state index in [0.29, 0.717) is 6.04 Å². The quantitative estimate of drug-likeness (QED) is 0.844. The normalized spacial score (nSPS) is 12.8. The lowest BCUT2D eigenvalue weighted by Gasteiger charge is -2.17. The topological polar surface area (TPSA) is 24.9 Å². The van der Waals surface area contributed by atoms with Crippen LogP contribution in [0.4, 0.5) is 0 Å². The minimum atomic E-state index is 0.411. The van der Waals surface area contributed by atoms with Crippen LogP contribution in [0.15, 0.2) is 36.5 Å². The van der Waals surface area contributed by atoms with Crippen molar-refractivity contribution in [1.29, 1.82) is 0 Å². The second kappa shape index (κ2) is 5.78. The van der Waals surface area contributed by atoms with Crippen molar-refractivity contribution in [2.24, 2.45) is 0 Å². The zero-order chi connectivity index (χ0) is 12.1. The van der Waals surface area contributed by atoms with Crippen molar-refractivity contribution in [3.63, 3.8) is 0 Å². The standard InChI is InChI=1S/C15H20N2/c1-3-4-10-14(16-2)13-9-5-7-12-8-6-11-17-15(12)13/h5-9,11,14,16H,3-4,10H2,1-2H3. The largest absolute Gasteiger partial charge is 0.313 e. The second-order valence-corrected chi connectivity index (χ2v) is 4.41. The molecule has 1 N–H and O–H groups in total. The number of benzene rings is 1. The van der Waals surface area contributed by atoms with Gasteiger partial charge in [-0.3, -0.25) is 4.98 Å². The molecule has 0 bridgehead atoms. The first-order valence-electron chi connectivity index (χ1n) is 6.37. The van der Waals surface area contributed by atoms with Crippen molar-refractivity contribution < 1.29 is 0 Å². The van der Waals surface area contributed by atoms with Gasteiger partial charge in [-0.05, 0) is 25.1 Å². The van der Waals surface area contributed by atoms with E-state index in [4.69, 9.17) is 0 Å². The summed E-state index contributed by atoms with van der Waals surface area (Å²) in [6, 6.07) is 11.0. The van der Waals surface area contributed by atoms with E-state index in [1.165, 1.54) is 30.2 Å². The molecule has 0 radical (unpaired) electrons. The van der Waals surface area contributed by atoms with Gasteiger partial charge in [0.05, 0.1) is 5.52 Å². The maximum absolute atomic E-state index is 4.52. The molecule has 1 aromatic heterocycles. The van der Waals surface area contributed by atoms with Gasteiger partial charge in [0, 0.05) is 17.6 Å². The molecule has 0 aliphatic carbocycles. The predicted molar refractivity (Wildman–Crippen MR) is 73.1 cm³/mol. The summed E-state index contributed by atoms with van der Waals surface area (Å²) in [5.74, 6) is 0. The second-order valence-electron chi connectivity index (χ2n) is 4.41. The number of pyridine rings is 1. The number of fused-ring (bicyclic) bond motifs is 1. The van der Waals surface area contributed by atoms with Crippen molar-refractivity contribution >= 4 is 10.9 Å². The molecule has 2 nitrogen and oxygen atoms in total. The maximum Gasteiger partial charge on any atom is 0.0749 e. The smallest absolute Gasteiger partial charge is 0.0749 e. The highest BCUT2D eigenvalue weighted by molar-refractivity contribution is 5.81. The Bertz CT molecular complexity index is 474. The van der Waals surface area contributed by atoms with E-state index in [-0.39, 0.29) is 0 Å². The molecule has 17 heavy (non-hydrogen) atoms. The molecule has 0 spiro atoms. The third-order valence-electron chi connectivity index (χ3n) is 3.23. The number of nitrogens with zero attached hydrogens (tertiary/aromatic N) is 1. The molecule has 90 valence electrons. The monoisotopic (exact) mass is 228 g/mol. The van der Waals surface area contributed by atoms with Gasteiger partial charge in [-0.15, -0.1) is 0 Å². The molecular weight excluding hydrogens is 208 g/mol. The van der Waals surface area contributed by atoms with Gasteiger partial charge < -0.3 is 5.32 Å². The summed E-state index contributed by atoms with van der Waals surface area (Å²) in [7, 11) is 2.03. The van der Waals surface area contributed by atoms with Crippen LogP contribution in [0.2, 0.25) is 0 Å². The van der Waals surface area contributed by atoms with Crippen LogP contribution in [0.3, 0.4) is 0 Å². The Morgan fingerprint density at radius 2 is 2.06 bits per heavy atom. The lowest BCUT2D eigenvalue weighted by atomic mass is 9.98. The van der Waals surface area contributed by atoms with Crippen molar-refractivity contribution in [3.8, 4) is 0 Å². The number of rotatable bonds is 5. The summed E-state index contributed by atoms with van der Waals surface area (Å²) in [5, 5.41) is 4.63. The highest BCUT2D eigenvalue weighted by Gasteiger charge is 2.12. The van der Waals surface area contributed by atoms with E-state index in [1.54, 1.807) is 0 Å². The van der Waals surface area contributed by atoms with Crippen LogP contribution < -0.4 is 5.32 Å². The van der Waals surface area contributed by atoms with Crippen LogP contribution >= 0.6 is 0 Å². The fourth-order valence-corrected chi connectivity index (χ4v) is 2.27. The molecule has 0 fully saturated rings. The molecule has 0 amide bonds. The number of unbranched alkanes of at least 4 members (excludes halogenated alkanes) is 1. The number of para-hydroxylation sites is 1. The van der Waals surface area contributed by atoms with Crippen LogP contribution in [0.5, 0.6) is 0 Å². The summed E-state index contributed by atoms with van der Waals surface area (Å²) in [6.45, 7) is 2.23. The van der Waals surface area contributed by atoms with E-state index >= 15 is 0 Å². The van der Waals surface area contributed by atoms with Crippen molar-refractivity contribution in [1.82, 2.24) is 10.3 Å². The maximum atomic E-state index is 4.52. The van der Waals surface area contributed by atoms with Gasteiger partial charge in [-0.2, -0.15) is 0 Å². The molecule has 0 saturated carbocycles. The van der Waals surface area contributed by atoms with E-state index in [0.717, 1.165) is 5.52 Å². The zero-order valence-electron chi connectivity index (χ0n) is 10.6. The molecule has 1 aromatic carbocycles. The Hall–Kier alpha value is -1.41. The first-order chi connectivity index (χ1) is 8.36. The summed E-state index contributed by atoms with van der Waals surface area (Å²) in [6.07, 6.45) is 5.52. The molecule has 1 heterocycles. The number of hydrogen-bond acceptors (Lipinski definition) is 2. The van der Waals surface area contributed by atoms with Gasteiger partial charge in [0.25, 0.3) is 0 Å². The first kappa shape index (κ1) is 12.1. The molecule has 1 unspecified atom stereocenters. The minimum Gasteiger partial charge on any atom is -0.313 e. The van der Waals surface area contributed by atoms with Gasteiger partial charge in [-0.25, -0.2) is 0 Å². The van der Waals surface area contributed by atoms with E-state index in [2.05, 4.69) is 41.5 Å². The SMILES string of the molecule is CCCCC(NC)c1cccc2cccnc12. The summed E-state index contributed by atoms with van der Waals surface area (Å²) in [4.78, 5) is 4.52. The summed E-state index contributed by atoms with van der Waals surface area (Å²) >= 11 is 0. The average molecular weight is 228 g/mol. The van der Waals surface area contributed by atoms with Crippen LogP contribution in [-0.2, 0) is 0 Å². The van der Waals surface area contributed by atoms with Crippen LogP contribution in [0, 0.1) is 0 Å². The molecule has 2 rings (SSSR count). The fourth-order valence-electron chi connectivity index (χ4n) is 2.27. The Kier molecular flexibility index (Phi) is 4.10. The number of hydrogen-bond donors (Lipinski definition) is 1. The number of nitrogens with one attached hydrogen (secondary N) is 1. The van der Waals surface area contributed by atoms with Crippen molar-refractivity contribution in [2.75, 3.05) is 7.05 Å². The molecule has 1 atom stereocenters. The minimum absolute atomic E-state index is 0.411. The van der Waals surface area contributed by atoms with Crippen LogP contribution in [0.25, 0.3) is 10.9 Å². The highest BCUT2D eigenvalue weighted by Crippen LogP contribution is 2.25. The van der Waals surface area contributed by atoms with Crippen molar-refractivity contribution in [3.05, 3.63) is 42.1 Å². The van der Waals surface area contributed by atoms with Gasteiger partial charge in [-0.1, -0.05) is 44.0 Å². The molecule has 0 aliphatic heterocycles. The van der Waals surface area contributed by atoms with Gasteiger partial charge in [0.2, 0.25) is 0 Å². The molecular formula is C15H20N2. The van der Waals surface area contributed by atoms with Gasteiger partial charge in [0.15, 0.2) is 0 Å². The van der Waals surface area contributed by atoms with E-state index in [1.807, 2.05) is 19.3 Å². The number of aromatic nitrogens is 1. The predicted octanol–water partition coefficient (Wildman–Crippen LogP) is 3.69. The summed E-state index contributed by atoms with van der Waals surface area (Å²) in [5.41, 5.74) is 2.45. The Morgan fingerprint density at radius 1 is 1.24 bits per heavy atom. The van der Waals surface area contributed by atoms with E-state index < -0.39 is 0 Å². The molecule has 0 saturated heterocycles. The summed E-state index contributed by atoms with van der Waals surface area (Å²) < 4.78 is 0. The van der Waals surface area contributed by atoms with Gasteiger partial charge >= 0.3 is 0 Å². The third-order valence-corrected chi connectivity index (χ3v) is 3.23. The van der Waals surface area contributed by atoms with Crippen LogP contribution in [0.1, 0.15) is 37.8 Å². The van der Waals surface area contributed by atoms with Crippen LogP contribution in [-0.4, -0.2) is 12.0 Å². The van der Waals surface area contributed by atoms with Gasteiger partial charge in [0.1, 0.15) is 0 Å². The van der Waals surface area contributed by atoms with Crippen molar-refractivity contribution in [2.45, 2.75) is 32.2 Å². The average Bonchev–Trinajstić information content (AvgIpc) is 2.40. The van der Waals surface area contributed by atoms with E-state index in [9.17, 15) is 0 Å². The third kappa shape index (κ3) is 2.64. The molecule has 0 aliphatic rings. The lowest BCUT2D eigenvalue weighted by Crippen LogP contribution is -2.16. The Morgan fingerprint density at radius 3 is 2.82 bits per heavy atom. The Labute approximate surface area is 103 Å². The fraction of sp³-hybridized carbons (Fsp3) is 0.400. The Balaban J connectivity index is 2.38. The lowest BCUT2D eigenvalue weighted by molar-refractivity contribution is 0.525. The molecule has 2 aromatic rings. The first-order valence-corrected chi connectivity index (χ1v) is 6.37. The highest BCUT2D eigenvalue weighted by atomic mass is 14.9.